The van der Waals surface area contributed by atoms with Gasteiger partial charge in [-0.05, 0) is 30.7 Å². The lowest BCUT2D eigenvalue weighted by Crippen LogP contribution is -2.35. The molecular weight excluding hydrogens is 197 g/mol. The summed E-state index contributed by atoms with van der Waals surface area (Å²) in [5.41, 5.74) is 0.823. The van der Waals surface area contributed by atoms with Crippen molar-refractivity contribution in [3.8, 4) is 0 Å². The van der Waals surface area contributed by atoms with Crippen LogP contribution in [0.1, 0.15) is 6.42 Å². The van der Waals surface area contributed by atoms with Crippen LogP contribution in [0.3, 0.4) is 0 Å². The Morgan fingerprint density at radius 1 is 1.27 bits per heavy atom. The minimum Gasteiger partial charge on any atom is -0.396 e. The minimum absolute atomic E-state index is 0.0246. The summed E-state index contributed by atoms with van der Waals surface area (Å²) in [4.78, 5) is 1.83. The first kappa shape index (κ1) is 11.9. The smallest absolute Gasteiger partial charge is 0.123 e. The number of benzene rings is 1. The number of halogens is 1. The second-order valence-electron chi connectivity index (χ2n) is 3.44. The summed E-state index contributed by atoms with van der Waals surface area (Å²) in [7, 11) is 1.81. The standard InChI is InChI=1S/C11H16FNO2/c1-13(11(8-15)6-7-14)10-4-2-9(12)3-5-10/h2-5,11,14-15H,6-8H2,1H3. The van der Waals surface area contributed by atoms with Crippen molar-refractivity contribution in [3.05, 3.63) is 30.1 Å². The lowest BCUT2D eigenvalue weighted by atomic mass is 10.2. The third-order valence-corrected chi connectivity index (χ3v) is 2.45. The number of hydrogen-bond donors (Lipinski definition) is 2. The predicted octanol–water partition coefficient (Wildman–Crippen LogP) is 1.01. The van der Waals surface area contributed by atoms with E-state index in [4.69, 9.17) is 10.2 Å². The van der Waals surface area contributed by atoms with Crippen LogP contribution in [0.15, 0.2) is 24.3 Å². The van der Waals surface area contributed by atoms with Crippen LogP contribution in [0.2, 0.25) is 0 Å². The van der Waals surface area contributed by atoms with Gasteiger partial charge in [0, 0.05) is 19.3 Å². The summed E-state index contributed by atoms with van der Waals surface area (Å²) in [6, 6.07) is 5.91. The molecule has 0 bridgehead atoms. The molecule has 0 spiro atoms. The zero-order valence-electron chi connectivity index (χ0n) is 8.73. The van der Waals surface area contributed by atoms with Crippen LogP contribution < -0.4 is 4.90 Å². The third kappa shape index (κ3) is 3.18. The van der Waals surface area contributed by atoms with E-state index in [2.05, 4.69) is 0 Å². The minimum atomic E-state index is -0.283. The van der Waals surface area contributed by atoms with E-state index in [-0.39, 0.29) is 25.1 Å². The summed E-state index contributed by atoms with van der Waals surface area (Å²) in [5.74, 6) is -0.283. The van der Waals surface area contributed by atoms with Gasteiger partial charge >= 0.3 is 0 Å². The zero-order valence-corrected chi connectivity index (χ0v) is 8.73. The van der Waals surface area contributed by atoms with Gasteiger partial charge in [-0.3, -0.25) is 0 Å². The number of aliphatic hydroxyl groups is 2. The molecule has 1 atom stereocenters. The summed E-state index contributed by atoms with van der Waals surface area (Å²) < 4.78 is 12.7. The van der Waals surface area contributed by atoms with Gasteiger partial charge in [-0.1, -0.05) is 0 Å². The molecule has 2 N–H and O–H groups in total. The maximum Gasteiger partial charge on any atom is 0.123 e. The first-order valence-electron chi connectivity index (χ1n) is 4.89. The molecule has 1 aromatic carbocycles. The number of anilines is 1. The fourth-order valence-corrected chi connectivity index (χ4v) is 1.44. The summed E-state index contributed by atoms with van der Waals surface area (Å²) >= 11 is 0. The Hall–Kier alpha value is -1.13. The van der Waals surface area contributed by atoms with Gasteiger partial charge in [-0.2, -0.15) is 0 Å². The molecule has 1 aromatic rings. The van der Waals surface area contributed by atoms with E-state index in [1.54, 1.807) is 12.1 Å². The normalized spacial score (nSPS) is 12.5. The predicted molar refractivity (Wildman–Crippen MR) is 57.4 cm³/mol. The van der Waals surface area contributed by atoms with Gasteiger partial charge in [0.05, 0.1) is 12.6 Å². The van der Waals surface area contributed by atoms with Crippen molar-refractivity contribution < 1.29 is 14.6 Å². The topological polar surface area (TPSA) is 43.7 Å². The number of hydrogen-bond acceptors (Lipinski definition) is 3. The molecule has 0 aliphatic rings. The Morgan fingerprint density at radius 3 is 2.33 bits per heavy atom. The molecule has 0 aliphatic heterocycles. The highest BCUT2D eigenvalue weighted by atomic mass is 19.1. The van der Waals surface area contributed by atoms with Gasteiger partial charge in [0.2, 0.25) is 0 Å². The van der Waals surface area contributed by atoms with Crippen molar-refractivity contribution in [2.24, 2.45) is 0 Å². The zero-order chi connectivity index (χ0) is 11.3. The maximum absolute atomic E-state index is 12.7. The lowest BCUT2D eigenvalue weighted by Gasteiger charge is -2.28. The molecule has 0 amide bonds. The van der Waals surface area contributed by atoms with Crippen molar-refractivity contribution >= 4 is 5.69 Å². The Morgan fingerprint density at radius 2 is 1.87 bits per heavy atom. The van der Waals surface area contributed by atoms with Crippen LogP contribution in [-0.4, -0.2) is 36.5 Å². The van der Waals surface area contributed by atoms with Crippen LogP contribution in [0, 0.1) is 5.82 Å². The summed E-state index contributed by atoms with van der Waals surface area (Å²) in [6.45, 7) is -0.00873. The van der Waals surface area contributed by atoms with Crippen molar-refractivity contribution in [3.63, 3.8) is 0 Å². The second-order valence-corrected chi connectivity index (χ2v) is 3.44. The SMILES string of the molecule is CN(c1ccc(F)cc1)C(CO)CCO. The van der Waals surface area contributed by atoms with Crippen LogP contribution >= 0.6 is 0 Å². The van der Waals surface area contributed by atoms with Crippen molar-refractivity contribution in [1.82, 2.24) is 0 Å². The van der Waals surface area contributed by atoms with E-state index >= 15 is 0 Å². The molecule has 0 aromatic heterocycles. The van der Waals surface area contributed by atoms with Crippen molar-refractivity contribution in [2.75, 3.05) is 25.2 Å². The van der Waals surface area contributed by atoms with E-state index in [0.29, 0.717) is 6.42 Å². The highest BCUT2D eigenvalue weighted by Gasteiger charge is 2.13. The highest BCUT2D eigenvalue weighted by Crippen LogP contribution is 2.16. The number of aliphatic hydroxyl groups excluding tert-OH is 2. The molecular formula is C11H16FNO2. The first-order chi connectivity index (χ1) is 7.19. The van der Waals surface area contributed by atoms with E-state index in [9.17, 15) is 4.39 Å². The molecule has 84 valence electrons. The van der Waals surface area contributed by atoms with Gasteiger partial charge in [-0.25, -0.2) is 4.39 Å². The summed E-state index contributed by atoms with van der Waals surface area (Å²) in [5, 5.41) is 17.9. The van der Waals surface area contributed by atoms with Crippen LogP contribution in [0.5, 0.6) is 0 Å². The molecule has 15 heavy (non-hydrogen) atoms. The molecule has 0 heterocycles. The number of nitrogens with zero attached hydrogens (tertiary/aromatic N) is 1. The van der Waals surface area contributed by atoms with Gasteiger partial charge in [-0.15, -0.1) is 0 Å². The highest BCUT2D eigenvalue weighted by molar-refractivity contribution is 5.46. The maximum atomic E-state index is 12.7. The van der Waals surface area contributed by atoms with E-state index in [1.807, 2.05) is 11.9 Å². The van der Waals surface area contributed by atoms with Crippen molar-refractivity contribution in [1.29, 1.82) is 0 Å². The fraction of sp³-hybridized carbons (Fsp3) is 0.455. The molecule has 3 nitrogen and oxygen atoms in total. The van der Waals surface area contributed by atoms with Gasteiger partial charge in [0.1, 0.15) is 5.82 Å². The Balaban J connectivity index is 2.73. The Kier molecular flexibility index (Phi) is 4.52. The molecule has 0 fully saturated rings. The van der Waals surface area contributed by atoms with Crippen molar-refractivity contribution in [2.45, 2.75) is 12.5 Å². The van der Waals surface area contributed by atoms with E-state index in [1.165, 1.54) is 12.1 Å². The van der Waals surface area contributed by atoms with Crippen LogP contribution in [0.25, 0.3) is 0 Å². The molecule has 0 aliphatic carbocycles. The average Bonchev–Trinajstić information content (AvgIpc) is 2.26. The Bertz CT molecular complexity index is 289. The molecule has 4 heteroatoms. The van der Waals surface area contributed by atoms with E-state index < -0.39 is 0 Å². The number of rotatable bonds is 5. The third-order valence-electron chi connectivity index (χ3n) is 2.45. The van der Waals surface area contributed by atoms with Crippen LogP contribution in [-0.2, 0) is 0 Å². The molecule has 1 rings (SSSR count). The van der Waals surface area contributed by atoms with Gasteiger partial charge < -0.3 is 15.1 Å². The van der Waals surface area contributed by atoms with Crippen LogP contribution in [0.4, 0.5) is 10.1 Å². The second kappa shape index (κ2) is 5.68. The Labute approximate surface area is 88.8 Å². The van der Waals surface area contributed by atoms with Gasteiger partial charge in [0.15, 0.2) is 0 Å². The average molecular weight is 213 g/mol. The molecule has 0 saturated carbocycles. The van der Waals surface area contributed by atoms with Gasteiger partial charge in [0.25, 0.3) is 0 Å². The fourth-order valence-electron chi connectivity index (χ4n) is 1.44. The monoisotopic (exact) mass is 213 g/mol. The van der Waals surface area contributed by atoms with E-state index in [0.717, 1.165) is 5.69 Å². The number of likely N-dealkylation sites (N-methyl/N-ethyl adjacent to an activating group) is 1. The quantitative estimate of drug-likeness (QED) is 0.767. The molecule has 0 saturated heterocycles. The lowest BCUT2D eigenvalue weighted by molar-refractivity contribution is 0.218. The molecule has 0 radical (unpaired) electrons. The summed E-state index contributed by atoms with van der Waals surface area (Å²) in [6.07, 6.45) is 0.490. The molecule has 1 unspecified atom stereocenters. The first-order valence-corrected chi connectivity index (χ1v) is 4.89. The largest absolute Gasteiger partial charge is 0.396 e.